The molecule has 0 unspecified atom stereocenters. The number of hydrogen-bond acceptors (Lipinski definition) is 2. The second-order valence-electron chi connectivity index (χ2n) is 3.32. The number of benzene rings is 2. The van der Waals surface area contributed by atoms with Gasteiger partial charge in [0.15, 0.2) is 0 Å². The number of aromatic carboxylic acids is 2. The van der Waals surface area contributed by atoms with Gasteiger partial charge >= 0.3 is 11.9 Å². The summed E-state index contributed by atoms with van der Waals surface area (Å²) in [6.07, 6.45) is 0. The Kier molecular flexibility index (Phi) is 4.21. The van der Waals surface area contributed by atoms with Crippen molar-refractivity contribution < 1.29 is 19.8 Å². The first-order chi connectivity index (χ1) is 8.61. The van der Waals surface area contributed by atoms with Crippen molar-refractivity contribution in [3.05, 3.63) is 60.7 Å². The maximum Gasteiger partial charge on any atom is 0.336 e. The molecule has 92 valence electrons. The fraction of sp³-hybridized carbons (Fsp3) is 0. The molecule has 2 aromatic carbocycles. The molecule has 0 saturated heterocycles. The van der Waals surface area contributed by atoms with Crippen molar-refractivity contribution >= 4 is 22.7 Å². The average molecular weight is 244 g/mol. The topological polar surface area (TPSA) is 74.6 Å². The van der Waals surface area contributed by atoms with Crippen LogP contribution in [-0.2, 0) is 0 Å². The molecule has 18 heavy (non-hydrogen) atoms. The molecule has 2 rings (SSSR count). The van der Waals surface area contributed by atoms with Gasteiger partial charge in [-0.2, -0.15) is 0 Å². The van der Waals surface area contributed by atoms with Crippen molar-refractivity contribution in [3.63, 3.8) is 0 Å². The SMILES string of the molecule is C=C.O=C(O)c1cccc2c(C(=O)O)cccc12. The number of carboxylic acids is 2. The highest BCUT2D eigenvalue weighted by molar-refractivity contribution is 6.10. The fourth-order valence-electron chi connectivity index (χ4n) is 1.68. The maximum atomic E-state index is 10.9. The van der Waals surface area contributed by atoms with Gasteiger partial charge in [0.05, 0.1) is 11.1 Å². The monoisotopic (exact) mass is 244 g/mol. The highest BCUT2D eigenvalue weighted by Gasteiger charge is 2.12. The Bertz CT molecular complexity index is 549. The molecule has 0 amide bonds. The van der Waals surface area contributed by atoms with Crippen LogP contribution in [0.25, 0.3) is 10.8 Å². The first-order valence-corrected chi connectivity index (χ1v) is 5.09. The van der Waals surface area contributed by atoms with E-state index in [9.17, 15) is 9.59 Å². The van der Waals surface area contributed by atoms with E-state index >= 15 is 0 Å². The predicted molar refractivity (Wildman–Crippen MR) is 69.1 cm³/mol. The van der Waals surface area contributed by atoms with Crippen LogP contribution in [0.3, 0.4) is 0 Å². The zero-order valence-electron chi connectivity index (χ0n) is 9.59. The van der Waals surface area contributed by atoms with Crippen molar-refractivity contribution in [2.45, 2.75) is 0 Å². The highest BCUT2D eigenvalue weighted by Crippen LogP contribution is 2.22. The van der Waals surface area contributed by atoms with Gasteiger partial charge in [-0.3, -0.25) is 0 Å². The Morgan fingerprint density at radius 1 is 0.778 bits per heavy atom. The number of carbonyl (C=O) groups is 2. The molecule has 0 saturated carbocycles. The zero-order valence-corrected chi connectivity index (χ0v) is 9.59. The maximum absolute atomic E-state index is 10.9. The predicted octanol–water partition coefficient (Wildman–Crippen LogP) is 3.04. The number of rotatable bonds is 2. The molecule has 0 radical (unpaired) electrons. The Morgan fingerprint density at radius 3 is 1.39 bits per heavy atom. The van der Waals surface area contributed by atoms with Gasteiger partial charge in [-0.1, -0.05) is 24.3 Å². The van der Waals surface area contributed by atoms with E-state index in [1.807, 2.05) is 0 Å². The number of hydrogen-bond donors (Lipinski definition) is 2. The second kappa shape index (κ2) is 5.63. The molecule has 0 atom stereocenters. The van der Waals surface area contributed by atoms with E-state index in [1.54, 1.807) is 12.1 Å². The summed E-state index contributed by atoms with van der Waals surface area (Å²) in [6.45, 7) is 6.00. The van der Waals surface area contributed by atoms with Gasteiger partial charge in [0.1, 0.15) is 0 Å². The molecular weight excluding hydrogens is 232 g/mol. The average Bonchev–Trinajstić information content (AvgIpc) is 2.39. The molecule has 2 N–H and O–H groups in total. The summed E-state index contributed by atoms with van der Waals surface area (Å²) in [5.41, 5.74) is 0.223. The standard InChI is InChI=1S/C12H8O4.C2H4/c13-11(14)9-5-1-3-7-8(9)4-2-6-10(7)12(15)16;1-2/h1-6H,(H,13,14)(H,15,16);1-2H2. The molecule has 0 aliphatic carbocycles. The van der Waals surface area contributed by atoms with Crippen LogP contribution < -0.4 is 0 Å². The lowest BCUT2D eigenvalue weighted by molar-refractivity contribution is 0.0686. The molecule has 0 bridgehead atoms. The zero-order chi connectivity index (χ0) is 13.7. The van der Waals surface area contributed by atoms with Crippen LogP contribution in [0.15, 0.2) is 49.6 Å². The van der Waals surface area contributed by atoms with E-state index in [1.165, 1.54) is 24.3 Å². The second-order valence-corrected chi connectivity index (χ2v) is 3.32. The summed E-state index contributed by atoms with van der Waals surface area (Å²) in [5.74, 6) is -2.12. The van der Waals surface area contributed by atoms with E-state index in [-0.39, 0.29) is 11.1 Å². The first-order valence-electron chi connectivity index (χ1n) is 5.09. The Hall–Kier alpha value is -2.62. The summed E-state index contributed by atoms with van der Waals surface area (Å²) in [5, 5.41) is 18.8. The van der Waals surface area contributed by atoms with Crippen LogP contribution in [0.2, 0.25) is 0 Å². The highest BCUT2D eigenvalue weighted by atomic mass is 16.4. The Morgan fingerprint density at radius 2 is 1.11 bits per heavy atom. The number of carboxylic acid groups (broad SMARTS) is 2. The van der Waals surface area contributed by atoms with Crippen molar-refractivity contribution in [1.82, 2.24) is 0 Å². The third-order valence-corrected chi connectivity index (χ3v) is 2.38. The molecule has 0 fully saturated rings. The normalized spacial score (nSPS) is 9.33. The molecule has 4 heteroatoms. The van der Waals surface area contributed by atoms with Gasteiger partial charge in [0, 0.05) is 0 Å². The van der Waals surface area contributed by atoms with Crippen molar-refractivity contribution in [3.8, 4) is 0 Å². The van der Waals surface area contributed by atoms with Crippen LogP contribution in [0.5, 0.6) is 0 Å². The Labute approximate surface area is 104 Å². The molecule has 0 aromatic heterocycles. The van der Waals surface area contributed by atoms with Crippen LogP contribution in [-0.4, -0.2) is 22.2 Å². The van der Waals surface area contributed by atoms with E-state index in [0.29, 0.717) is 10.8 Å². The fourth-order valence-corrected chi connectivity index (χ4v) is 1.68. The van der Waals surface area contributed by atoms with E-state index < -0.39 is 11.9 Å². The molecule has 0 aliphatic rings. The first kappa shape index (κ1) is 13.4. The van der Waals surface area contributed by atoms with E-state index in [0.717, 1.165) is 0 Å². The molecule has 2 aromatic rings. The molecule has 0 aliphatic heterocycles. The van der Waals surface area contributed by atoms with Crippen LogP contribution >= 0.6 is 0 Å². The third-order valence-electron chi connectivity index (χ3n) is 2.38. The minimum Gasteiger partial charge on any atom is -0.478 e. The van der Waals surface area contributed by atoms with Gasteiger partial charge in [-0.15, -0.1) is 13.2 Å². The number of fused-ring (bicyclic) bond motifs is 1. The van der Waals surface area contributed by atoms with E-state index in [2.05, 4.69) is 13.2 Å². The lowest BCUT2D eigenvalue weighted by Crippen LogP contribution is -2.01. The van der Waals surface area contributed by atoms with Gasteiger partial charge in [0.2, 0.25) is 0 Å². The molecule has 0 spiro atoms. The minimum atomic E-state index is -1.06. The summed E-state index contributed by atoms with van der Waals surface area (Å²) in [7, 11) is 0. The van der Waals surface area contributed by atoms with Crippen LogP contribution in [0, 0.1) is 0 Å². The van der Waals surface area contributed by atoms with Crippen molar-refractivity contribution in [1.29, 1.82) is 0 Å². The summed E-state index contributed by atoms with van der Waals surface area (Å²) < 4.78 is 0. The van der Waals surface area contributed by atoms with Crippen LogP contribution in [0.1, 0.15) is 20.7 Å². The summed E-state index contributed by atoms with van der Waals surface area (Å²) in [4.78, 5) is 21.9. The van der Waals surface area contributed by atoms with E-state index in [4.69, 9.17) is 10.2 Å². The minimum absolute atomic E-state index is 0.112. The van der Waals surface area contributed by atoms with Gasteiger partial charge < -0.3 is 10.2 Å². The van der Waals surface area contributed by atoms with Crippen molar-refractivity contribution in [2.24, 2.45) is 0 Å². The Balaban J connectivity index is 0.000000771. The quantitative estimate of drug-likeness (QED) is 0.796. The summed E-state index contributed by atoms with van der Waals surface area (Å²) in [6, 6.07) is 9.19. The van der Waals surface area contributed by atoms with Crippen molar-refractivity contribution in [2.75, 3.05) is 0 Å². The van der Waals surface area contributed by atoms with Gasteiger partial charge in [-0.05, 0) is 22.9 Å². The lowest BCUT2D eigenvalue weighted by Gasteiger charge is -2.04. The largest absolute Gasteiger partial charge is 0.478 e. The smallest absolute Gasteiger partial charge is 0.336 e. The molecular formula is C14H12O4. The van der Waals surface area contributed by atoms with Gasteiger partial charge in [0.25, 0.3) is 0 Å². The third kappa shape index (κ3) is 2.38. The molecule has 4 nitrogen and oxygen atoms in total. The van der Waals surface area contributed by atoms with Crippen LogP contribution in [0.4, 0.5) is 0 Å². The molecule has 0 heterocycles. The summed E-state index contributed by atoms with van der Waals surface area (Å²) >= 11 is 0. The lowest BCUT2D eigenvalue weighted by atomic mass is 10.0. The van der Waals surface area contributed by atoms with Gasteiger partial charge in [-0.25, -0.2) is 9.59 Å².